The van der Waals surface area contributed by atoms with Gasteiger partial charge in [0.25, 0.3) is 5.91 Å². The van der Waals surface area contributed by atoms with E-state index in [1.165, 1.54) is 6.42 Å². The zero-order valence-electron chi connectivity index (χ0n) is 18.1. The first-order valence-corrected chi connectivity index (χ1v) is 10.5. The third kappa shape index (κ3) is 5.73. The largest absolute Gasteiger partial charge is 0.490 e. The van der Waals surface area contributed by atoms with Gasteiger partial charge in [0.1, 0.15) is 11.5 Å². The lowest BCUT2D eigenvalue weighted by molar-refractivity contribution is -0.192. The maximum Gasteiger partial charge on any atom is 0.490 e. The van der Waals surface area contributed by atoms with Gasteiger partial charge in [-0.25, -0.2) is 4.79 Å². The fourth-order valence-corrected chi connectivity index (χ4v) is 4.35. The van der Waals surface area contributed by atoms with Gasteiger partial charge in [-0.2, -0.15) is 13.2 Å². The zero-order chi connectivity index (χ0) is 23.5. The van der Waals surface area contributed by atoms with Gasteiger partial charge in [-0.15, -0.1) is 0 Å². The third-order valence-corrected chi connectivity index (χ3v) is 6.34. The van der Waals surface area contributed by atoms with Crippen molar-refractivity contribution < 1.29 is 32.3 Å². The molecule has 10 heteroatoms. The van der Waals surface area contributed by atoms with Crippen LogP contribution in [0.5, 0.6) is 0 Å². The van der Waals surface area contributed by atoms with Gasteiger partial charge in [-0.1, -0.05) is 0 Å². The van der Waals surface area contributed by atoms with E-state index in [0.717, 1.165) is 56.0 Å². The summed E-state index contributed by atoms with van der Waals surface area (Å²) in [5.74, 6) is -0.659. The van der Waals surface area contributed by atoms with Crippen molar-refractivity contribution in [1.82, 2.24) is 14.8 Å². The average molecular weight is 455 g/mol. The van der Waals surface area contributed by atoms with E-state index in [-0.39, 0.29) is 5.91 Å². The summed E-state index contributed by atoms with van der Waals surface area (Å²) in [6, 6.07) is 6.32. The fraction of sp³-hybridized carbons (Fsp3) is 0.545. The first-order valence-electron chi connectivity index (χ1n) is 10.5. The van der Waals surface area contributed by atoms with Crippen LogP contribution < -0.4 is 5.32 Å². The Labute approximate surface area is 184 Å². The Balaban J connectivity index is 0.000000360. The molecule has 32 heavy (non-hydrogen) atoms. The van der Waals surface area contributed by atoms with Gasteiger partial charge >= 0.3 is 12.1 Å². The maximum atomic E-state index is 12.4. The first-order chi connectivity index (χ1) is 15.0. The van der Waals surface area contributed by atoms with E-state index >= 15 is 0 Å². The number of amides is 1. The highest BCUT2D eigenvalue weighted by Gasteiger charge is 2.48. The summed E-state index contributed by atoms with van der Waals surface area (Å²) in [7, 11) is 1.94. The molecule has 1 spiro atoms. The number of likely N-dealkylation sites (tertiary alicyclic amines) is 1. The lowest BCUT2D eigenvalue weighted by Crippen LogP contribution is -2.59. The van der Waals surface area contributed by atoms with Crippen LogP contribution in [0.25, 0.3) is 0 Å². The zero-order valence-corrected chi connectivity index (χ0v) is 18.1. The van der Waals surface area contributed by atoms with Gasteiger partial charge in [0.15, 0.2) is 0 Å². The van der Waals surface area contributed by atoms with Gasteiger partial charge in [0.05, 0.1) is 12.1 Å². The molecule has 0 radical (unpaired) electrons. The summed E-state index contributed by atoms with van der Waals surface area (Å²) in [5, 5.41) is 10.4. The number of aryl methyl sites for hydroxylation is 2. The highest BCUT2D eigenvalue weighted by Crippen LogP contribution is 2.49. The molecule has 1 atom stereocenters. The SMILES string of the molecule is Cc1ccc(CN2CCC3(CCC3NC(=O)c3ccn(C)c3)CC2)o1.O=C(O)C(F)(F)F. The lowest BCUT2D eigenvalue weighted by Gasteiger charge is -2.54. The summed E-state index contributed by atoms with van der Waals surface area (Å²) in [6.07, 6.45) is 3.38. The van der Waals surface area contributed by atoms with E-state index in [9.17, 15) is 18.0 Å². The van der Waals surface area contributed by atoms with Crippen LogP contribution in [0.4, 0.5) is 13.2 Å². The molecule has 2 aliphatic rings. The molecule has 3 heterocycles. The van der Waals surface area contributed by atoms with E-state index < -0.39 is 12.1 Å². The summed E-state index contributed by atoms with van der Waals surface area (Å²) >= 11 is 0. The standard InChI is InChI=1S/C20H27N3O2.C2HF3O2/c1-15-3-4-17(25-15)14-23-11-8-20(9-12-23)7-5-18(20)21-19(24)16-6-10-22(2)13-16;3-2(4,5)1(6)7/h3-4,6,10,13,18H,5,7-9,11-12,14H2,1-2H3,(H,21,24);(H,6,7). The molecule has 7 nitrogen and oxygen atoms in total. The molecule has 0 bridgehead atoms. The minimum atomic E-state index is -5.08. The molecule has 2 N–H and O–H groups in total. The molecule has 2 fully saturated rings. The van der Waals surface area contributed by atoms with Crippen molar-refractivity contribution in [3.05, 3.63) is 47.7 Å². The topological polar surface area (TPSA) is 87.7 Å². The Morgan fingerprint density at radius 3 is 2.31 bits per heavy atom. The Bertz CT molecular complexity index is 942. The molecule has 1 amide bonds. The number of carboxylic acid groups (broad SMARTS) is 1. The number of nitrogens with one attached hydrogen (secondary N) is 1. The molecule has 2 aromatic heterocycles. The van der Waals surface area contributed by atoms with E-state index in [1.807, 2.05) is 43.1 Å². The van der Waals surface area contributed by atoms with Crippen molar-refractivity contribution in [2.75, 3.05) is 13.1 Å². The smallest absolute Gasteiger partial charge is 0.475 e. The molecule has 176 valence electrons. The van der Waals surface area contributed by atoms with E-state index in [1.54, 1.807) is 0 Å². The molecular formula is C22H28F3N3O4. The van der Waals surface area contributed by atoms with Crippen LogP contribution in [-0.4, -0.2) is 51.8 Å². The second-order valence-corrected chi connectivity index (χ2v) is 8.58. The minimum absolute atomic E-state index is 0.0677. The van der Waals surface area contributed by atoms with Crippen LogP contribution in [0.3, 0.4) is 0 Å². The van der Waals surface area contributed by atoms with Crippen LogP contribution in [0.1, 0.15) is 47.6 Å². The average Bonchev–Trinajstić information content (AvgIpc) is 3.33. The van der Waals surface area contributed by atoms with E-state index in [0.29, 0.717) is 11.5 Å². The van der Waals surface area contributed by atoms with E-state index in [2.05, 4.69) is 16.3 Å². The Hall–Kier alpha value is -2.75. The summed E-state index contributed by atoms with van der Waals surface area (Å²) in [5.41, 5.74) is 1.06. The van der Waals surface area contributed by atoms with Crippen LogP contribution >= 0.6 is 0 Å². The van der Waals surface area contributed by atoms with Crippen LogP contribution in [0.2, 0.25) is 0 Å². The lowest BCUT2D eigenvalue weighted by atomic mass is 9.59. The molecule has 0 aromatic carbocycles. The number of hydrogen-bond donors (Lipinski definition) is 2. The normalized spacial score (nSPS) is 20.2. The van der Waals surface area contributed by atoms with Crippen molar-refractivity contribution in [3.8, 4) is 0 Å². The molecule has 1 aliphatic heterocycles. The molecule has 4 rings (SSSR count). The van der Waals surface area contributed by atoms with Gasteiger partial charge < -0.3 is 19.4 Å². The Morgan fingerprint density at radius 2 is 1.88 bits per heavy atom. The number of carbonyl (C=O) groups is 2. The van der Waals surface area contributed by atoms with Crippen LogP contribution in [0, 0.1) is 12.3 Å². The predicted octanol–water partition coefficient (Wildman–Crippen LogP) is 3.73. The summed E-state index contributed by atoms with van der Waals surface area (Å²) < 4.78 is 39.4. The number of piperidine rings is 1. The maximum absolute atomic E-state index is 12.4. The molecule has 2 aromatic rings. The number of halogens is 3. The van der Waals surface area contributed by atoms with Crippen molar-refractivity contribution in [3.63, 3.8) is 0 Å². The third-order valence-electron chi connectivity index (χ3n) is 6.34. The number of aromatic nitrogens is 1. The Kier molecular flexibility index (Phi) is 7.02. The molecule has 1 aliphatic carbocycles. The van der Waals surface area contributed by atoms with Gasteiger partial charge in [0, 0.05) is 25.5 Å². The van der Waals surface area contributed by atoms with Crippen molar-refractivity contribution >= 4 is 11.9 Å². The van der Waals surface area contributed by atoms with Gasteiger partial charge in [-0.05, 0) is 69.3 Å². The second kappa shape index (κ2) is 9.40. The van der Waals surface area contributed by atoms with Crippen molar-refractivity contribution in [1.29, 1.82) is 0 Å². The number of hydrogen-bond acceptors (Lipinski definition) is 4. The fourth-order valence-electron chi connectivity index (χ4n) is 4.35. The highest BCUT2D eigenvalue weighted by molar-refractivity contribution is 5.94. The van der Waals surface area contributed by atoms with Crippen molar-refractivity contribution in [2.24, 2.45) is 12.5 Å². The summed E-state index contributed by atoms with van der Waals surface area (Å²) in [4.78, 5) is 23.8. The highest BCUT2D eigenvalue weighted by atomic mass is 19.4. The minimum Gasteiger partial charge on any atom is -0.475 e. The van der Waals surface area contributed by atoms with Crippen LogP contribution in [-0.2, 0) is 18.4 Å². The number of carbonyl (C=O) groups excluding carboxylic acids is 1. The van der Waals surface area contributed by atoms with E-state index in [4.69, 9.17) is 14.3 Å². The second-order valence-electron chi connectivity index (χ2n) is 8.58. The first kappa shape index (κ1) is 23.9. The van der Waals surface area contributed by atoms with Crippen LogP contribution in [0.15, 0.2) is 35.0 Å². The summed E-state index contributed by atoms with van der Waals surface area (Å²) in [6.45, 7) is 5.04. The number of nitrogens with zero attached hydrogens (tertiary/aromatic N) is 2. The van der Waals surface area contributed by atoms with Gasteiger partial charge in [0.2, 0.25) is 0 Å². The number of aliphatic carboxylic acids is 1. The molecule has 1 saturated carbocycles. The van der Waals surface area contributed by atoms with Crippen molar-refractivity contribution in [2.45, 2.75) is 51.4 Å². The number of alkyl halides is 3. The molecule has 1 unspecified atom stereocenters. The number of rotatable bonds is 4. The quantitative estimate of drug-likeness (QED) is 0.734. The Morgan fingerprint density at radius 1 is 1.22 bits per heavy atom. The predicted molar refractivity (Wildman–Crippen MR) is 110 cm³/mol. The van der Waals surface area contributed by atoms with Gasteiger partial charge in [-0.3, -0.25) is 9.69 Å². The molecule has 1 saturated heterocycles. The number of carboxylic acids is 1. The monoisotopic (exact) mass is 455 g/mol. The number of furan rings is 1. The molecular weight excluding hydrogens is 427 g/mol.